The van der Waals surface area contributed by atoms with E-state index in [1.54, 1.807) is 26.4 Å². The minimum atomic E-state index is -0.506. The van der Waals surface area contributed by atoms with Gasteiger partial charge in [-0.2, -0.15) is 0 Å². The van der Waals surface area contributed by atoms with Crippen LogP contribution in [0.2, 0.25) is 0 Å². The number of carbonyl (C=O) groups is 1. The van der Waals surface area contributed by atoms with E-state index in [1.807, 2.05) is 0 Å². The van der Waals surface area contributed by atoms with Crippen molar-refractivity contribution in [3.8, 4) is 0 Å². The van der Waals surface area contributed by atoms with Gasteiger partial charge in [0.1, 0.15) is 11.5 Å². The molecule has 3 heteroatoms. The third-order valence-electron chi connectivity index (χ3n) is 3.40. The maximum atomic E-state index is 12.2. The van der Waals surface area contributed by atoms with Crippen LogP contribution in [0.5, 0.6) is 0 Å². The van der Waals surface area contributed by atoms with Crippen molar-refractivity contribution in [3.05, 3.63) is 35.8 Å². The van der Waals surface area contributed by atoms with Gasteiger partial charge in [0.05, 0.1) is 19.6 Å². The summed E-state index contributed by atoms with van der Waals surface area (Å²) in [6.45, 7) is 3.96. The largest absolute Gasteiger partial charge is 0.500 e. The minimum Gasteiger partial charge on any atom is -0.500 e. The van der Waals surface area contributed by atoms with E-state index in [0.717, 1.165) is 18.4 Å². The first-order valence-electron chi connectivity index (χ1n) is 5.35. The monoisotopic (exact) mass is 220 g/mol. The van der Waals surface area contributed by atoms with Gasteiger partial charge in [-0.25, -0.2) is 0 Å². The molecule has 1 saturated carbocycles. The second-order valence-electron chi connectivity index (χ2n) is 4.34. The predicted molar refractivity (Wildman–Crippen MR) is 60.6 cm³/mol. The molecular formula is C13H16O3. The van der Waals surface area contributed by atoms with Crippen molar-refractivity contribution in [2.45, 2.75) is 19.3 Å². The van der Waals surface area contributed by atoms with Crippen LogP contribution in [-0.4, -0.2) is 20.0 Å². The van der Waals surface area contributed by atoms with E-state index in [0.29, 0.717) is 17.9 Å². The fraction of sp³-hybridized carbons (Fsp3) is 0.462. The van der Waals surface area contributed by atoms with Crippen molar-refractivity contribution in [3.63, 3.8) is 0 Å². The van der Waals surface area contributed by atoms with Gasteiger partial charge in [-0.15, -0.1) is 0 Å². The van der Waals surface area contributed by atoms with E-state index in [2.05, 4.69) is 6.58 Å². The highest BCUT2D eigenvalue weighted by Crippen LogP contribution is 2.49. The van der Waals surface area contributed by atoms with Crippen molar-refractivity contribution in [1.29, 1.82) is 0 Å². The topological polar surface area (TPSA) is 35.5 Å². The van der Waals surface area contributed by atoms with Gasteiger partial charge in [-0.1, -0.05) is 12.2 Å². The second-order valence-corrected chi connectivity index (χ2v) is 4.34. The molecule has 0 aliphatic heterocycles. The SMILES string of the molecule is C=C1CCC2(C1)C(=O)C=C(OC)C=C2OC. The third-order valence-corrected chi connectivity index (χ3v) is 3.40. The Kier molecular flexibility index (Phi) is 2.62. The molecule has 1 unspecified atom stereocenters. The van der Waals surface area contributed by atoms with Crippen LogP contribution < -0.4 is 0 Å². The van der Waals surface area contributed by atoms with E-state index >= 15 is 0 Å². The van der Waals surface area contributed by atoms with Crippen molar-refractivity contribution in [1.82, 2.24) is 0 Å². The molecule has 1 fully saturated rings. The Morgan fingerprint density at radius 3 is 2.56 bits per heavy atom. The lowest BCUT2D eigenvalue weighted by Crippen LogP contribution is -2.32. The maximum Gasteiger partial charge on any atom is 0.173 e. The van der Waals surface area contributed by atoms with E-state index in [4.69, 9.17) is 9.47 Å². The van der Waals surface area contributed by atoms with Crippen LogP contribution in [0, 0.1) is 5.41 Å². The van der Waals surface area contributed by atoms with Crippen molar-refractivity contribution in [2.24, 2.45) is 5.41 Å². The number of hydrogen-bond acceptors (Lipinski definition) is 3. The summed E-state index contributed by atoms with van der Waals surface area (Å²) in [5, 5.41) is 0. The minimum absolute atomic E-state index is 0.0716. The number of hydrogen-bond donors (Lipinski definition) is 0. The highest BCUT2D eigenvalue weighted by atomic mass is 16.5. The van der Waals surface area contributed by atoms with Gasteiger partial charge in [0.2, 0.25) is 0 Å². The summed E-state index contributed by atoms with van der Waals surface area (Å²) in [5.41, 5.74) is 0.610. The van der Waals surface area contributed by atoms with Gasteiger partial charge in [0.15, 0.2) is 5.78 Å². The third kappa shape index (κ3) is 1.47. The van der Waals surface area contributed by atoms with E-state index in [1.165, 1.54) is 0 Å². The molecule has 0 aromatic heterocycles. The van der Waals surface area contributed by atoms with Gasteiger partial charge in [-0.05, 0) is 19.3 Å². The molecule has 1 spiro atoms. The molecule has 0 aromatic rings. The fourth-order valence-corrected chi connectivity index (χ4v) is 2.48. The van der Waals surface area contributed by atoms with Crippen LogP contribution in [0.3, 0.4) is 0 Å². The molecule has 0 N–H and O–H groups in total. The van der Waals surface area contributed by atoms with E-state index in [-0.39, 0.29) is 5.78 Å². The zero-order chi connectivity index (χ0) is 11.8. The first-order valence-corrected chi connectivity index (χ1v) is 5.35. The van der Waals surface area contributed by atoms with Crippen LogP contribution in [0.15, 0.2) is 35.8 Å². The number of ketones is 1. The van der Waals surface area contributed by atoms with E-state index < -0.39 is 5.41 Å². The predicted octanol–water partition coefficient (Wildman–Crippen LogP) is 2.36. The summed E-state index contributed by atoms with van der Waals surface area (Å²) >= 11 is 0. The van der Waals surface area contributed by atoms with Crippen LogP contribution in [0.25, 0.3) is 0 Å². The fourth-order valence-electron chi connectivity index (χ4n) is 2.48. The lowest BCUT2D eigenvalue weighted by molar-refractivity contribution is -0.123. The zero-order valence-corrected chi connectivity index (χ0v) is 9.71. The quantitative estimate of drug-likeness (QED) is 0.670. The molecule has 1 atom stereocenters. The summed E-state index contributed by atoms with van der Waals surface area (Å²) in [6.07, 6.45) is 5.74. The second kappa shape index (κ2) is 3.81. The van der Waals surface area contributed by atoms with Gasteiger partial charge in [0.25, 0.3) is 0 Å². The molecule has 2 aliphatic rings. The molecule has 0 heterocycles. The molecule has 0 radical (unpaired) electrons. The summed E-state index contributed by atoms with van der Waals surface area (Å²) in [7, 11) is 3.15. The Labute approximate surface area is 95.4 Å². The van der Waals surface area contributed by atoms with Crippen molar-refractivity contribution < 1.29 is 14.3 Å². The first kappa shape index (κ1) is 11.0. The smallest absolute Gasteiger partial charge is 0.173 e. The van der Waals surface area contributed by atoms with Gasteiger partial charge < -0.3 is 9.47 Å². The Bertz CT molecular complexity index is 403. The number of carbonyl (C=O) groups excluding carboxylic acids is 1. The Morgan fingerprint density at radius 1 is 1.31 bits per heavy atom. The molecule has 3 nitrogen and oxygen atoms in total. The molecule has 2 aliphatic carbocycles. The van der Waals surface area contributed by atoms with Gasteiger partial charge in [-0.3, -0.25) is 4.79 Å². The molecule has 2 rings (SSSR count). The zero-order valence-electron chi connectivity index (χ0n) is 9.71. The number of methoxy groups -OCH3 is 2. The Morgan fingerprint density at radius 2 is 2.06 bits per heavy atom. The normalized spacial score (nSPS) is 29.1. The Hall–Kier alpha value is -1.51. The van der Waals surface area contributed by atoms with Crippen LogP contribution in [-0.2, 0) is 14.3 Å². The highest BCUT2D eigenvalue weighted by Gasteiger charge is 2.47. The van der Waals surface area contributed by atoms with Crippen LogP contribution in [0.1, 0.15) is 19.3 Å². The lowest BCUT2D eigenvalue weighted by Gasteiger charge is -2.30. The molecule has 0 bridgehead atoms. The molecule has 0 saturated heterocycles. The average molecular weight is 220 g/mol. The average Bonchev–Trinajstić information content (AvgIpc) is 2.66. The maximum absolute atomic E-state index is 12.2. The number of ether oxygens (including phenoxy) is 2. The molecule has 16 heavy (non-hydrogen) atoms. The molecule has 86 valence electrons. The molecule has 0 aromatic carbocycles. The standard InChI is InChI=1S/C13H16O3/c1-9-4-5-13(8-9)11(14)6-10(15-2)7-12(13)16-3/h6-7H,1,4-5,8H2,2-3H3. The van der Waals surface area contributed by atoms with Crippen LogP contribution >= 0.6 is 0 Å². The number of allylic oxidation sites excluding steroid dienone is 4. The molecule has 0 amide bonds. The summed E-state index contributed by atoms with van der Waals surface area (Å²) in [6, 6.07) is 0. The summed E-state index contributed by atoms with van der Waals surface area (Å²) in [4.78, 5) is 12.2. The highest BCUT2D eigenvalue weighted by molar-refractivity contribution is 5.99. The Balaban J connectivity index is 2.41. The van der Waals surface area contributed by atoms with Crippen molar-refractivity contribution in [2.75, 3.05) is 14.2 Å². The van der Waals surface area contributed by atoms with E-state index in [9.17, 15) is 4.79 Å². The van der Waals surface area contributed by atoms with Crippen LogP contribution in [0.4, 0.5) is 0 Å². The molecular weight excluding hydrogens is 204 g/mol. The number of rotatable bonds is 2. The lowest BCUT2D eigenvalue weighted by atomic mass is 9.76. The van der Waals surface area contributed by atoms with Crippen molar-refractivity contribution >= 4 is 5.78 Å². The summed E-state index contributed by atoms with van der Waals surface area (Å²) in [5.74, 6) is 1.34. The first-order chi connectivity index (χ1) is 7.62. The summed E-state index contributed by atoms with van der Waals surface area (Å²) < 4.78 is 10.4. The van der Waals surface area contributed by atoms with Gasteiger partial charge >= 0.3 is 0 Å². The van der Waals surface area contributed by atoms with Gasteiger partial charge in [0, 0.05) is 12.2 Å².